The molecular weight excluding hydrogens is 276 g/mol. The molecule has 0 aromatic heterocycles. The van der Waals surface area contributed by atoms with Crippen molar-refractivity contribution in [2.75, 3.05) is 19.7 Å². The van der Waals surface area contributed by atoms with E-state index in [0.717, 1.165) is 37.6 Å². The molecule has 1 aromatic carbocycles. The zero-order valence-electron chi connectivity index (χ0n) is 12.0. The molecule has 1 fully saturated rings. The van der Waals surface area contributed by atoms with E-state index in [-0.39, 0.29) is 24.4 Å². The molecule has 3 nitrogen and oxygen atoms in total. The van der Waals surface area contributed by atoms with Gasteiger partial charge in [0.1, 0.15) is 11.6 Å². The Morgan fingerprint density at radius 2 is 1.86 bits per heavy atom. The number of rotatable bonds is 8. The molecule has 5 heteroatoms. The van der Waals surface area contributed by atoms with Crippen molar-refractivity contribution in [3.05, 3.63) is 35.4 Å². The van der Waals surface area contributed by atoms with Gasteiger partial charge in [0.05, 0.1) is 0 Å². The van der Waals surface area contributed by atoms with Gasteiger partial charge in [-0.2, -0.15) is 0 Å². The van der Waals surface area contributed by atoms with Crippen molar-refractivity contribution >= 4 is 5.78 Å². The summed E-state index contributed by atoms with van der Waals surface area (Å²) in [5, 5.41) is 8.93. The molecule has 0 atom stereocenters. The molecule has 0 bridgehead atoms. The average molecular weight is 297 g/mol. The second-order valence-electron chi connectivity index (χ2n) is 5.53. The average Bonchev–Trinajstić information content (AvgIpc) is 2.38. The summed E-state index contributed by atoms with van der Waals surface area (Å²) in [6, 6.07) is 3.40. The van der Waals surface area contributed by atoms with Gasteiger partial charge >= 0.3 is 0 Å². The predicted molar refractivity (Wildman–Crippen MR) is 76.2 cm³/mol. The highest BCUT2D eigenvalue weighted by molar-refractivity contribution is 5.96. The maximum absolute atomic E-state index is 13.1. The minimum absolute atomic E-state index is 0.0863. The van der Waals surface area contributed by atoms with Crippen LogP contribution in [0.15, 0.2) is 18.2 Å². The summed E-state index contributed by atoms with van der Waals surface area (Å²) in [6.45, 7) is 1.46. The lowest BCUT2D eigenvalue weighted by Gasteiger charge is -2.37. The second kappa shape index (κ2) is 7.61. The van der Waals surface area contributed by atoms with Gasteiger partial charge in [-0.3, -0.25) is 9.69 Å². The predicted octanol–water partition coefficient (Wildman–Crippen LogP) is 2.77. The van der Waals surface area contributed by atoms with Crippen LogP contribution in [0.5, 0.6) is 0 Å². The zero-order valence-corrected chi connectivity index (χ0v) is 12.0. The van der Waals surface area contributed by atoms with E-state index in [1.165, 1.54) is 6.42 Å². The first-order valence-corrected chi connectivity index (χ1v) is 7.44. The summed E-state index contributed by atoms with van der Waals surface area (Å²) in [7, 11) is 0. The Labute approximate surface area is 123 Å². The number of aliphatic hydroxyl groups excluding tert-OH is 1. The number of benzene rings is 1. The first kappa shape index (κ1) is 16.0. The van der Waals surface area contributed by atoms with Crippen molar-refractivity contribution in [1.29, 1.82) is 0 Å². The van der Waals surface area contributed by atoms with Gasteiger partial charge in [0.25, 0.3) is 0 Å². The monoisotopic (exact) mass is 297 g/mol. The van der Waals surface area contributed by atoms with Crippen LogP contribution in [0.2, 0.25) is 0 Å². The third kappa shape index (κ3) is 4.58. The van der Waals surface area contributed by atoms with Crippen LogP contribution < -0.4 is 0 Å². The number of carbonyl (C=O) groups excluding carboxylic acids is 1. The first-order chi connectivity index (χ1) is 10.1. The van der Waals surface area contributed by atoms with Gasteiger partial charge in [-0.1, -0.05) is 6.42 Å². The molecule has 2 rings (SSSR count). The third-order valence-electron chi connectivity index (χ3n) is 4.01. The van der Waals surface area contributed by atoms with Crippen LogP contribution >= 0.6 is 0 Å². The lowest BCUT2D eigenvalue weighted by atomic mass is 9.91. The summed E-state index contributed by atoms with van der Waals surface area (Å²) in [6.07, 6.45) is 4.36. The molecule has 1 aromatic rings. The van der Waals surface area contributed by atoms with Crippen molar-refractivity contribution in [3.8, 4) is 0 Å². The number of hydrogen-bond donors (Lipinski definition) is 1. The van der Waals surface area contributed by atoms with Crippen molar-refractivity contribution in [3.63, 3.8) is 0 Å². The molecular formula is C16H21F2NO2. The lowest BCUT2D eigenvalue weighted by molar-refractivity contribution is 0.0886. The molecule has 0 heterocycles. The number of aliphatic hydroxyl groups is 1. The van der Waals surface area contributed by atoms with E-state index in [1.807, 2.05) is 0 Å². The molecule has 1 aliphatic rings. The summed E-state index contributed by atoms with van der Waals surface area (Å²) >= 11 is 0. The number of Topliss-reactive ketones (excluding diaryl/α,β-unsaturated/α-hetero) is 1. The van der Waals surface area contributed by atoms with E-state index in [9.17, 15) is 13.6 Å². The number of halogens is 2. The molecule has 0 radical (unpaired) electrons. The Hall–Kier alpha value is -1.33. The number of nitrogens with zero attached hydrogens (tertiary/aromatic N) is 1. The van der Waals surface area contributed by atoms with Crippen molar-refractivity contribution < 1.29 is 18.7 Å². The van der Waals surface area contributed by atoms with E-state index < -0.39 is 11.6 Å². The first-order valence-electron chi connectivity index (χ1n) is 7.44. The lowest BCUT2D eigenvalue weighted by Crippen LogP contribution is -2.42. The highest BCUT2D eigenvalue weighted by Crippen LogP contribution is 2.25. The minimum atomic E-state index is -0.727. The van der Waals surface area contributed by atoms with E-state index in [2.05, 4.69) is 4.90 Å². The Morgan fingerprint density at radius 1 is 1.19 bits per heavy atom. The smallest absolute Gasteiger partial charge is 0.164 e. The highest BCUT2D eigenvalue weighted by atomic mass is 19.1. The van der Waals surface area contributed by atoms with E-state index >= 15 is 0 Å². The van der Waals surface area contributed by atoms with Gasteiger partial charge in [0.15, 0.2) is 5.78 Å². The Balaban J connectivity index is 1.91. The Bertz CT molecular complexity index is 469. The van der Waals surface area contributed by atoms with Crippen molar-refractivity contribution in [1.82, 2.24) is 4.90 Å². The van der Waals surface area contributed by atoms with Gasteiger partial charge < -0.3 is 5.11 Å². The van der Waals surface area contributed by atoms with Gasteiger partial charge in [-0.15, -0.1) is 0 Å². The zero-order chi connectivity index (χ0) is 15.2. The number of carbonyl (C=O) groups is 1. The van der Waals surface area contributed by atoms with Crippen LogP contribution in [0.25, 0.3) is 0 Å². The third-order valence-corrected chi connectivity index (χ3v) is 4.01. The number of hydrogen-bond acceptors (Lipinski definition) is 3. The van der Waals surface area contributed by atoms with Crippen LogP contribution in [-0.4, -0.2) is 41.5 Å². The topological polar surface area (TPSA) is 40.5 Å². The SMILES string of the molecule is O=C(CCN(CCCO)C1CCC1)c1cc(F)cc(F)c1. The fourth-order valence-electron chi connectivity index (χ4n) is 2.61. The van der Waals surface area contributed by atoms with E-state index in [1.54, 1.807) is 0 Å². The summed E-state index contributed by atoms with van der Waals surface area (Å²) in [5.74, 6) is -1.70. The maximum Gasteiger partial charge on any atom is 0.164 e. The fraction of sp³-hybridized carbons (Fsp3) is 0.562. The van der Waals surface area contributed by atoms with Crippen molar-refractivity contribution in [2.24, 2.45) is 0 Å². The van der Waals surface area contributed by atoms with E-state index in [4.69, 9.17) is 5.11 Å². The van der Waals surface area contributed by atoms with Crippen LogP contribution in [0.1, 0.15) is 42.5 Å². The summed E-state index contributed by atoms with van der Waals surface area (Å²) in [4.78, 5) is 14.2. The molecule has 1 N–H and O–H groups in total. The van der Waals surface area contributed by atoms with Gasteiger partial charge in [0, 0.05) is 43.8 Å². The van der Waals surface area contributed by atoms with Crippen LogP contribution in [0.3, 0.4) is 0 Å². The normalized spacial score (nSPS) is 15.2. The molecule has 1 aliphatic carbocycles. The van der Waals surface area contributed by atoms with Gasteiger partial charge in [0.2, 0.25) is 0 Å². The van der Waals surface area contributed by atoms with Gasteiger partial charge in [-0.05, 0) is 31.4 Å². The molecule has 21 heavy (non-hydrogen) atoms. The standard InChI is InChI=1S/C16H21F2NO2/c17-13-9-12(10-14(18)11-13)16(21)5-7-19(6-2-8-20)15-3-1-4-15/h9-11,15,20H,1-8H2. The summed E-state index contributed by atoms with van der Waals surface area (Å²) < 4.78 is 26.2. The molecule has 0 aliphatic heterocycles. The molecule has 1 saturated carbocycles. The fourth-order valence-corrected chi connectivity index (χ4v) is 2.61. The molecule has 116 valence electrons. The van der Waals surface area contributed by atoms with Crippen LogP contribution in [0, 0.1) is 11.6 Å². The quantitative estimate of drug-likeness (QED) is 0.750. The summed E-state index contributed by atoms with van der Waals surface area (Å²) in [5.41, 5.74) is 0.0863. The molecule has 0 amide bonds. The van der Waals surface area contributed by atoms with Crippen molar-refractivity contribution in [2.45, 2.75) is 38.1 Å². The number of ketones is 1. The Morgan fingerprint density at radius 3 is 2.38 bits per heavy atom. The van der Waals surface area contributed by atoms with E-state index in [0.29, 0.717) is 19.0 Å². The largest absolute Gasteiger partial charge is 0.396 e. The van der Waals surface area contributed by atoms with Crippen LogP contribution in [0.4, 0.5) is 8.78 Å². The molecule has 0 spiro atoms. The van der Waals surface area contributed by atoms with Crippen LogP contribution in [-0.2, 0) is 0 Å². The van der Waals surface area contributed by atoms with Gasteiger partial charge in [-0.25, -0.2) is 8.78 Å². The second-order valence-corrected chi connectivity index (χ2v) is 5.53. The maximum atomic E-state index is 13.1. The highest BCUT2D eigenvalue weighted by Gasteiger charge is 2.24. The molecule has 0 saturated heterocycles. The molecule has 0 unspecified atom stereocenters. The minimum Gasteiger partial charge on any atom is -0.396 e. The Kier molecular flexibility index (Phi) is 5.82.